The Bertz CT molecular complexity index is 782. The number of hydrogen-bond acceptors (Lipinski definition) is 7. The summed E-state index contributed by atoms with van der Waals surface area (Å²) < 4.78 is 10.0. The van der Waals surface area contributed by atoms with Gasteiger partial charge in [0.15, 0.2) is 5.82 Å². The molecule has 10 heteroatoms. The first-order valence-electron chi connectivity index (χ1n) is 6.19. The summed E-state index contributed by atoms with van der Waals surface area (Å²) in [7, 11) is 0. The summed E-state index contributed by atoms with van der Waals surface area (Å²) >= 11 is 13.5. The van der Waals surface area contributed by atoms with Gasteiger partial charge in [0, 0.05) is 6.04 Å². The highest BCUT2D eigenvalue weighted by atomic mass is 35.5. The first-order chi connectivity index (χ1) is 10.1. The van der Waals surface area contributed by atoms with E-state index >= 15 is 0 Å². The number of nitrogens with zero attached hydrogens (tertiary/aromatic N) is 6. The molecule has 0 amide bonds. The minimum Gasteiger partial charge on any atom is -0.308 e. The van der Waals surface area contributed by atoms with Gasteiger partial charge in [0.05, 0.1) is 28.3 Å². The molecule has 0 saturated heterocycles. The Labute approximate surface area is 134 Å². The molecule has 21 heavy (non-hydrogen) atoms. The zero-order valence-corrected chi connectivity index (χ0v) is 13.5. The van der Waals surface area contributed by atoms with Crippen LogP contribution in [-0.4, -0.2) is 35.0 Å². The van der Waals surface area contributed by atoms with E-state index in [1.165, 1.54) is 0 Å². The van der Waals surface area contributed by atoms with Crippen LogP contribution < -0.4 is 5.32 Å². The van der Waals surface area contributed by atoms with Crippen LogP contribution in [0.1, 0.15) is 19.7 Å². The molecular formula is C11H11Cl2N7S. The summed E-state index contributed by atoms with van der Waals surface area (Å²) in [6.45, 7) is 4.61. The summed E-state index contributed by atoms with van der Waals surface area (Å²) in [6.07, 6.45) is 0. The number of benzene rings is 1. The zero-order chi connectivity index (χ0) is 15.0. The summed E-state index contributed by atoms with van der Waals surface area (Å²) in [5.41, 5.74) is 1.78. The average molecular weight is 344 g/mol. The summed E-state index contributed by atoms with van der Waals surface area (Å²) in [6, 6.07) is 1.94. The Hall–Kier alpha value is -1.35. The molecule has 0 aliphatic rings. The largest absolute Gasteiger partial charge is 0.308 e. The predicted octanol–water partition coefficient (Wildman–Crippen LogP) is 2.47. The third-order valence-electron chi connectivity index (χ3n) is 2.83. The molecule has 0 fully saturated rings. The number of tetrazole rings is 1. The zero-order valence-electron chi connectivity index (χ0n) is 11.2. The van der Waals surface area contributed by atoms with Crippen LogP contribution in [0.4, 0.5) is 0 Å². The molecule has 2 heterocycles. The molecule has 7 nitrogen and oxygen atoms in total. The average Bonchev–Trinajstić information content (AvgIpc) is 3.05. The lowest BCUT2D eigenvalue weighted by molar-refractivity contribution is 0.563. The van der Waals surface area contributed by atoms with Crippen molar-refractivity contribution >= 4 is 46.0 Å². The van der Waals surface area contributed by atoms with Crippen molar-refractivity contribution in [1.29, 1.82) is 0 Å². The topological polar surface area (TPSA) is 81.4 Å². The molecule has 1 N–H and O–H groups in total. The highest BCUT2D eigenvalue weighted by Crippen LogP contribution is 2.33. The molecular weight excluding hydrogens is 333 g/mol. The second kappa shape index (κ2) is 5.80. The van der Waals surface area contributed by atoms with E-state index in [1.807, 2.05) is 13.8 Å². The molecule has 0 spiro atoms. The fourth-order valence-corrected chi connectivity index (χ4v) is 3.04. The molecule has 3 rings (SSSR count). The Morgan fingerprint density at radius 2 is 2.00 bits per heavy atom. The fourth-order valence-electron chi connectivity index (χ4n) is 1.85. The summed E-state index contributed by atoms with van der Waals surface area (Å²) in [5.74, 6) is 0.641. The van der Waals surface area contributed by atoms with E-state index < -0.39 is 0 Å². The van der Waals surface area contributed by atoms with Crippen LogP contribution in [-0.2, 0) is 6.54 Å². The molecule has 0 atom stereocenters. The molecule has 3 aromatic rings. The molecule has 110 valence electrons. The number of hydrogen-bond donors (Lipinski definition) is 1. The van der Waals surface area contributed by atoms with Crippen LogP contribution in [0.25, 0.3) is 16.7 Å². The maximum Gasteiger partial charge on any atom is 0.170 e. The first kappa shape index (κ1) is 14.6. The Kier molecular flexibility index (Phi) is 4.03. The van der Waals surface area contributed by atoms with Crippen molar-refractivity contribution in [2.24, 2.45) is 0 Å². The molecule has 0 unspecified atom stereocenters. The van der Waals surface area contributed by atoms with E-state index in [4.69, 9.17) is 23.2 Å². The molecule has 0 radical (unpaired) electrons. The molecule has 1 aromatic carbocycles. The smallest absolute Gasteiger partial charge is 0.170 e. The van der Waals surface area contributed by atoms with Crippen molar-refractivity contribution in [2.45, 2.75) is 26.4 Å². The minimum absolute atomic E-state index is 0.316. The van der Waals surface area contributed by atoms with Crippen LogP contribution in [0.2, 0.25) is 10.0 Å². The lowest BCUT2D eigenvalue weighted by Gasteiger charge is -2.10. The third kappa shape index (κ3) is 2.71. The SMILES string of the molecule is CC(C)NCc1nnnn1-c1c(Cl)cc(Cl)c2nsnc12. The molecule has 0 aliphatic carbocycles. The predicted molar refractivity (Wildman–Crippen MR) is 82.1 cm³/mol. The maximum atomic E-state index is 6.31. The van der Waals surface area contributed by atoms with Gasteiger partial charge in [-0.3, -0.25) is 0 Å². The number of halogens is 2. The van der Waals surface area contributed by atoms with Crippen LogP contribution >= 0.6 is 34.9 Å². The van der Waals surface area contributed by atoms with Gasteiger partial charge in [0.2, 0.25) is 0 Å². The van der Waals surface area contributed by atoms with Gasteiger partial charge in [0.25, 0.3) is 0 Å². The highest BCUT2D eigenvalue weighted by molar-refractivity contribution is 7.00. The normalized spacial score (nSPS) is 11.7. The van der Waals surface area contributed by atoms with Crippen LogP contribution in [0.15, 0.2) is 6.07 Å². The van der Waals surface area contributed by atoms with Crippen molar-refractivity contribution in [1.82, 2.24) is 34.3 Å². The quantitative estimate of drug-likeness (QED) is 0.783. The first-order valence-corrected chi connectivity index (χ1v) is 7.68. The van der Waals surface area contributed by atoms with Crippen LogP contribution in [0, 0.1) is 0 Å². The number of aromatic nitrogens is 6. The number of nitrogens with one attached hydrogen (secondary N) is 1. The monoisotopic (exact) mass is 343 g/mol. The van der Waals surface area contributed by atoms with Gasteiger partial charge < -0.3 is 5.32 Å². The van der Waals surface area contributed by atoms with Crippen molar-refractivity contribution in [3.8, 4) is 5.69 Å². The van der Waals surface area contributed by atoms with E-state index in [2.05, 4.69) is 29.6 Å². The lowest BCUT2D eigenvalue weighted by Crippen LogP contribution is -2.24. The minimum atomic E-state index is 0.316. The lowest BCUT2D eigenvalue weighted by atomic mass is 10.2. The Morgan fingerprint density at radius 3 is 2.76 bits per heavy atom. The van der Waals surface area contributed by atoms with Crippen molar-refractivity contribution in [3.63, 3.8) is 0 Å². The fraction of sp³-hybridized carbons (Fsp3) is 0.364. The second-order valence-corrected chi connectivity index (χ2v) is 6.04. The molecule has 0 aliphatic heterocycles. The molecule has 0 saturated carbocycles. The van der Waals surface area contributed by atoms with Gasteiger partial charge in [-0.1, -0.05) is 37.0 Å². The maximum absolute atomic E-state index is 6.31. The number of fused-ring (bicyclic) bond motifs is 1. The molecule has 0 bridgehead atoms. The van der Waals surface area contributed by atoms with E-state index in [-0.39, 0.29) is 0 Å². The Balaban J connectivity index is 2.13. The van der Waals surface area contributed by atoms with Gasteiger partial charge in [-0.15, -0.1) is 5.10 Å². The highest BCUT2D eigenvalue weighted by Gasteiger charge is 2.19. The van der Waals surface area contributed by atoms with Gasteiger partial charge in [-0.25, -0.2) is 0 Å². The van der Waals surface area contributed by atoms with E-state index in [0.29, 0.717) is 45.2 Å². The van der Waals surface area contributed by atoms with Gasteiger partial charge in [0.1, 0.15) is 16.7 Å². The second-order valence-electron chi connectivity index (χ2n) is 4.69. The van der Waals surface area contributed by atoms with Gasteiger partial charge in [-0.05, 0) is 16.5 Å². The van der Waals surface area contributed by atoms with E-state index in [1.54, 1.807) is 10.7 Å². The van der Waals surface area contributed by atoms with Gasteiger partial charge in [-0.2, -0.15) is 13.4 Å². The summed E-state index contributed by atoms with van der Waals surface area (Å²) in [4.78, 5) is 0. The van der Waals surface area contributed by atoms with Gasteiger partial charge >= 0.3 is 0 Å². The van der Waals surface area contributed by atoms with Crippen LogP contribution in [0.3, 0.4) is 0 Å². The van der Waals surface area contributed by atoms with Crippen LogP contribution in [0.5, 0.6) is 0 Å². The third-order valence-corrected chi connectivity index (χ3v) is 3.94. The molecule has 2 aromatic heterocycles. The van der Waals surface area contributed by atoms with E-state index in [0.717, 1.165) is 11.7 Å². The number of rotatable bonds is 4. The standard InChI is InChI=1S/C11H11Cl2N7S/c1-5(2)14-4-8-15-18-19-20(8)11-7(13)3-6(12)9-10(11)17-21-16-9/h3,5,14H,4H2,1-2H3. The van der Waals surface area contributed by atoms with Crippen molar-refractivity contribution in [2.75, 3.05) is 0 Å². The van der Waals surface area contributed by atoms with Crippen molar-refractivity contribution < 1.29 is 0 Å². The summed E-state index contributed by atoms with van der Waals surface area (Å²) in [5, 5.41) is 15.9. The van der Waals surface area contributed by atoms with Crippen molar-refractivity contribution in [3.05, 3.63) is 21.9 Å². The van der Waals surface area contributed by atoms with E-state index in [9.17, 15) is 0 Å². The Morgan fingerprint density at radius 1 is 1.24 bits per heavy atom.